The fraction of sp³-hybridized carbons (Fsp3) is 0.667. The Morgan fingerprint density at radius 2 is 2.00 bits per heavy atom. The highest BCUT2D eigenvalue weighted by atomic mass is 35.5. The van der Waals surface area contributed by atoms with Gasteiger partial charge in [0.05, 0.1) is 0 Å². The maximum atomic E-state index is 11.3. The molecule has 0 aliphatic carbocycles. The highest BCUT2D eigenvalue weighted by Gasteiger charge is 2.35. The number of rotatable bonds is 2. The molecule has 2 saturated heterocycles. The Bertz CT molecular complexity index is 265. The van der Waals surface area contributed by atoms with E-state index in [4.69, 9.17) is 11.6 Å². The van der Waals surface area contributed by atoms with Crippen molar-refractivity contribution < 1.29 is 4.79 Å². The van der Waals surface area contributed by atoms with Crippen LogP contribution in [0.4, 0.5) is 0 Å². The first-order valence-electron chi connectivity index (χ1n) is 5.03. The van der Waals surface area contributed by atoms with Crippen LogP contribution in [0.3, 0.4) is 0 Å². The Balaban J connectivity index is 1.81. The van der Waals surface area contributed by atoms with Crippen molar-refractivity contribution in [2.75, 3.05) is 26.2 Å². The average molecular weight is 231 g/mol. The second kappa shape index (κ2) is 4.49. The maximum absolute atomic E-state index is 11.3. The van der Waals surface area contributed by atoms with Crippen molar-refractivity contribution in [1.82, 2.24) is 20.7 Å². The molecule has 84 valence electrons. The van der Waals surface area contributed by atoms with E-state index in [1.807, 2.05) is 0 Å². The predicted molar refractivity (Wildman–Crippen MR) is 58.1 cm³/mol. The topological polar surface area (TPSA) is 47.6 Å². The van der Waals surface area contributed by atoms with Gasteiger partial charge < -0.3 is 4.90 Å². The van der Waals surface area contributed by atoms with Gasteiger partial charge in [0.15, 0.2) is 0 Å². The van der Waals surface area contributed by atoms with E-state index in [2.05, 4.69) is 22.3 Å². The number of nitrogens with one attached hydrogen (secondary N) is 2. The van der Waals surface area contributed by atoms with Gasteiger partial charge in [-0.1, -0.05) is 6.58 Å². The highest BCUT2D eigenvalue weighted by Crippen LogP contribution is 2.14. The van der Waals surface area contributed by atoms with Crippen LogP contribution in [0.15, 0.2) is 12.7 Å². The predicted octanol–water partition coefficient (Wildman–Crippen LogP) is -0.685. The standard InChI is InChI=1S/C9H15ClN4O/c1-2-7(15)13-3-5-14(6-4-13)9-8(10)11-12-9/h2,8-9,11-12H,1,3-6H2/t8-,9?/m0/s1. The lowest BCUT2D eigenvalue weighted by Crippen LogP contribution is -2.73. The minimum Gasteiger partial charge on any atom is -0.337 e. The summed E-state index contributed by atoms with van der Waals surface area (Å²) in [6.45, 7) is 6.67. The number of halogens is 1. The van der Waals surface area contributed by atoms with Crippen LogP contribution >= 0.6 is 11.6 Å². The van der Waals surface area contributed by atoms with E-state index in [1.54, 1.807) is 4.90 Å². The lowest BCUT2D eigenvalue weighted by molar-refractivity contribution is -0.128. The lowest BCUT2D eigenvalue weighted by atomic mass is 10.2. The summed E-state index contributed by atoms with van der Waals surface area (Å²) in [5, 5.41) is 0. The van der Waals surface area contributed by atoms with Crippen molar-refractivity contribution in [1.29, 1.82) is 0 Å². The molecule has 0 aromatic heterocycles. The van der Waals surface area contributed by atoms with Gasteiger partial charge in [-0.05, 0) is 6.08 Å². The van der Waals surface area contributed by atoms with Gasteiger partial charge in [-0.15, -0.1) is 11.6 Å². The van der Waals surface area contributed by atoms with E-state index in [0.717, 1.165) is 26.2 Å². The molecule has 2 fully saturated rings. The summed E-state index contributed by atoms with van der Waals surface area (Å²) < 4.78 is 0. The van der Waals surface area contributed by atoms with Crippen molar-refractivity contribution in [2.45, 2.75) is 11.7 Å². The Morgan fingerprint density at radius 3 is 2.40 bits per heavy atom. The zero-order valence-corrected chi connectivity index (χ0v) is 9.20. The molecule has 2 N–H and O–H groups in total. The van der Waals surface area contributed by atoms with Crippen LogP contribution in [0, 0.1) is 0 Å². The molecule has 2 atom stereocenters. The van der Waals surface area contributed by atoms with Crippen LogP contribution in [-0.4, -0.2) is 53.6 Å². The number of hydrazine groups is 1. The molecule has 2 aliphatic heterocycles. The minimum atomic E-state index is -0.0355. The fourth-order valence-electron chi connectivity index (χ4n) is 1.85. The molecule has 1 amide bonds. The van der Waals surface area contributed by atoms with Crippen molar-refractivity contribution in [3.63, 3.8) is 0 Å². The summed E-state index contributed by atoms with van der Waals surface area (Å²) in [5.74, 6) is 0.0109. The van der Waals surface area contributed by atoms with Gasteiger partial charge in [0, 0.05) is 26.2 Å². The van der Waals surface area contributed by atoms with Crippen LogP contribution in [0.1, 0.15) is 0 Å². The zero-order valence-electron chi connectivity index (χ0n) is 8.45. The summed E-state index contributed by atoms with van der Waals surface area (Å²) in [7, 11) is 0. The summed E-state index contributed by atoms with van der Waals surface area (Å²) in [5.41, 5.74) is 5.89. The first-order valence-corrected chi connectivity index (χ1v) is 5.46. The summed E-state index contributed by atoms with van der Waals surface area (Å²) in [4.78, 5) is 15.4. The molecule has 2 rings (SSSR count). The molecule has 2 aliphatic rings. The SMILES string of the molecule is C=CC(=O)N1CCN(C2NN[C@@H]2Cl)CC1. The van der Waals surface area contributed by atoms with Crippen molar-refractivity contribution in [3.05, 3.63) is 12.7 Å². The van der Waals surface area contributed by atoms with Gasteiger partial charge in [0.2, 0.25) is 5.91 Å². The summed E-state index contributed by atoms with van der Waals surface area (Å²) in [6.07, 6.45) is 1.55. The van der Waals surface area contributed by atoms with E-state index in [0.29, 0.717) is 0 Å². The van der Waals surface area contributed by atoms with Gasteiger partial charge in [-0.3, -0.25) is 9.69 Å². The number of hydrogen-bond acceptors (Lipinski definition) is 4. The van der Waals surface area contributed by atoms with Crippen molar-refractivity contribution in [2.24, 2.45) is 0 Å². The Hall–Kier alpha value is -0.620. The second-order valence-electron chi connectivity index (χ2n) is 3.70. The van der Waals surface area contributed by atoms with E-state index >= 15 is 0 Å². The van der Waals surface area contributed by atoms with Gasteiger partial charge in [0.25, 0.3) is 0 Å². The molecule has 5 nitrogen and oxygen atoms in total. The van der Waals surface area contributed by atoms with Gasteiger partial charge >= 0.3 is 0 Å². The minimum absolute atomic E-state index is 0.0109. The van der Waals surface area contributed by atoms with E-state index in [-0.39, 0.29) is 17.6 Å². The Morgan fingerprint density at radius 1 is 1.33 bits per heavy atom. The molecular formula is C9H15ClN4O. The Kier molecular flexibility index (Phi) is 3.25. The lowest BCUT2D eigenvalue weighted by Gasteiger charge is -2.46. The second-order valence-corrected chi connectivity index (χ2v) is 4.17. The van der Waals surface area contributed by atoms with Crippen molar-refractivity contribution in [3.8, 4) is 0 Å². The molecule has 0 aromatic rings. The van der Waals surface area contributed by atoms with Crippen LogP contribution in [-0.2, 0) is 4.79 Å². The van der Waals surface area contributed by atoms with Crippen molar-refractivity contribution >= 4 is 17.5 Å². The average Bonchev–Trinajstić information content (AvgIpc) is 2.27. The van der Waals surface area contributed by atoms with Gasteiger partial charge in [0.1, 0.15) is 11.7 Å². The number of piperazine rings is 1. The van der Waals surface area contributed by atoms with Crippen LogP contribution in [0.5, 0.6) is 0 Å². The zero-order chi connectivity index (χ0) is 10.8. The Labute approximate surface area is 94.0 Å². The first kappa shape index (κ1) is 10.9. The van der Waals surface area contributed by atoms with Crippen LogP contribution < -0.4 is 10.9 Å². The highest BCUT2D eigenvalue weighted by molar-refractivity contribution is 6.21. The molecular weight excluding hydrogens is 216 g/mol. The smallest absolute Gasteiger partial charge is 0.246 e. The monoisotopic (exact) mass is 230 g/mol. The molecule has 1 unspecified atom stereocenters. The molecule has 0 radical (unpaired) electrons. The van der Waals surface area contributed by atoms with E-state index < -0.39 is 0 Å². The number of alkyl halides is 1. The normalized spacial score (nSPS) is 32.2. The summed E-state index contributed by atoms with van der Waals surface area (Å²) in [6, 6.07) is 0. The molecule has 15 heavy (non-hydrogen) atoms. The third-order valence-electron chi connectivity index (χ3n) is 2.84. The number of nitrogens with zero attached hydrogens (tertiary/aromatic N) is 2. The van der Waals surface area contributed by atoms with E-state index in [1.165, 1.54) is 6.08 Å². The molecule has 0 spiro atoms. The number of amides is 1. The molecule has 0 aromatic carbocycles. The number of carbonyl (C=O) groups is 1. The van der Waals surface area contributed by atoms with Crippen LogP contribution in [0.25, 0.3) is 0 Å². The van der Waals surface area contributed by atoms with Gasteiger partial charge in [-0.25, -0.2) is 10.9 Å². The molecule has 6 heteroatoms. The maximum Gasteiger partial charge on any atom is 0.246 e. The number of carbonyl (C=O) groups excluding carboxylic acids is 1. The van der Waals surface area contributed by atoms with Gasteiger partial charge in [-0.2, -0.15) is 0 Å². The first-order chi connectivity index (χ1) is 7.22. The van der Waals surface area contributed by atoms with E-state index in [9.17, 15) is 4.79 Å². The quantitative estimate of drug-likeness (QED) is 0.375. The van der Waals surface area contributed by atoms with Crippen LogP contribution in [0.2, 0.25) is 0 Å². The fourth-order valence-corrected chi connectivity index (χ4v) is 2.13. The largest absolute Gasteiger partial charge is 0.337 e. The molecule has 2 heterocycles. The molecule has 0 bridgehead atoms. The molecule has 0 saturated carbocycles. The number of hydrogen-bond donors (Lipinski definition) is 2. The summed E-state index contributed by atoms with van der Waals surface area (Å²) >= 11 is 5.96. The third-order valence-corrected chi connectivity index (χ3v) is 3.19. The third kappa shape index (κ3) is 2.15.